The first-order chi connectivity index (χ1) is 11.8. The molecular formula is C17H14BrClFN3O2. The van der Waals surface area contributed by atoms with Crippen molar-refractivity contribution in [1.82, 2.24) is 9.78 Å². The Kier molecular flexibility index (Phi) is 4.96. The molecule has 2 aromatic heterocycles. The van der Waals surface area contributed by atoms with Crippen molar-refractivity contribution in [2.24, 2.45) is 0 Å². The third-order valence-electron chi connectivity index (χ3n) is 3.66. The summed E-state index contributed by atoms with van der Waals surface area (Å²) in [5, 5.41) is 7.11. The molecule has 0 spiro atoms. The van der Waals surface area contributed by atoms with Crippen LogP contribution in [-0.4, -0.2) is 15.7 Å². The van der Waals surface area contributed by atoms with Gasteiger partial charge in [-0.05, 0) is 60.1 Å². The van der Waals surface area contributed by atoms with Gasteiger partial charge in [-0.2, -0.15) is 5.10 Å². The summed E-state index contributed by atoms with van der Waals surface area (Å²) in [6.45, 7) is 4.22. The summed E-state index contributed by atoms with van der Waals surface area (Å²) in [6, 6.07) is 7.25. The molecule has 0 fully saturated rings. The maximum absolute atomic E-state index is 13.8. The number of furan rings is 1. The van der Waals surface area contributed by atoms with Crippen molar-refractivity contribution in [1.29, 1.82) is 0 Å². The van der Waals surface area contributed by atoms with Gasteiger partial charge in [0.05, 0.1) is 28.1 Å². The zero-order valence-corrected chi connectivity index (χ0v) is 15.8. The average Bonchev–Trinajstić information content (AvgIpc) is 3.12. The molecular weight excluding hydrogens is 413 g/mol. The van der Waals surface area contributed by atoms with E-state index < -0.39 is 11.7 Å². The largest absolute Gasteiger partial charge is 0.454 e. The molecule has 0 bridgehead atoms. The summed E-state index contributed by atoms with van der Waals surface area (Å²) in [4.78, 5) is 12.2. The highest BCUT2D eigenvalue weighted by Crippen LogP contribution is 2.22. The van der Waals surface area contributed by atoms with Gasteiger partial charge in [-0.3, -0.25) is 9.48 Å². The van der Waals surface area contributed by atoms with E-state index in [1.165, 1.54) is 12.1 Å². The molecule has 0 aliphatic carbocycles. The second kappa shape index (κ2) is 7.01. The fourth-order valence-corrected chi connectivity index (χ4v) is 2.78. The molecule has 0 unspecified atom stereocenters. The minimum absolute atomic E-state index is 0.0369. The topological polar surface area (TPSA) is 60.1 Å². The number of halogens is 3. The number of rotatable bonds is 4. The highest BCUT2D eigenvalue weighted by Gasteiger charge is 2.15. The minimum atomic E-state index is -0.611. The van der Waals surface area contributed by atoms with E-state index >= 15 is 0 Å². The van der Waals surface area contributed by atoms with Gasteiger partial charge in [-0.25, -0.2) is 4.39 Å². The monoisotopic (exact) mass is 425 g/mol. The van der Waals surface area contributed by atoms with Crippen molar-refractivity contribution >= 4 is 39.1 Å². The van der Waals surface area contributed by atoms with E-state index in [1.807, 2.05) is 13.8 Å². The Morgan fingerprint density at radius 3 is 2.76 bits per heavy atom. The van der Waals surface area contributed by atoms with Crippen LogP contribution < -0.4 is 5.32 Å². The zero-order chi connectivity index (χ0) is 18.1. The molecule has 1 N–H and O–H groups in total. The Labute approximate surface area is 156 Å². The predicted octanol–water partition coefficient (Wildman–Crippen LogP) is 4.95. The van der Waals surface area contributed by atoms with Crippen LogP contribution in [0.25, 0.3) is 0 Å². The van der Waals surface area contributed by atoms with Crippen LogP contribution in [0, 0.1) is 19.7 Å². The van der Waals surface area contributed by atoms with Gasteiger partial charge >= 0.3 is 0 Å². The van der Waals surface area contributed by atoms with E-state index in [1.54, 1.807) is 16.8 Å². The quantitative estimate of drug-likeness (QED) is 0.642. The molecule has 0 radical (unpaired) electrons. The van der Waals surface area contributed by atoms with Crippen LogP contribution in [0.3, 0.4) is 0 Å². The van der Waals surface area contributed by atoms with Crippen molar-refractivity contribution in [3.05, 3.63) is 68.6 Å². The molecule has 1 amide bonds. The summed E-state index contributed by atoms with van der Waals surface area (Å²) in [6.07, 6.45) is 0. The third-order valence-corrected chi connectivity index (χ3v) is 5.05. The fraction of sp³-hybridized carbons (Fsp3) is 0.176. The molecule has 0 aliphatic heterocycles. The molecule has 0 aliphatic rings. The highest BCUT2D eigenvalue weighted by atomic mass is 79.9. The Bertz CT molecular complexity index is 952. The number of amides is 1. The Morgan fingerprint density at radius 1 is 1.36 bits per heavy atom. The first kappa shape index (κ1) is 17.7. The van der Waals surface area contributed by atoms with E-state index in [9.17, 15) is 9.18 Å². The number of hydrogen-bond acceptors (Lipinski definition) is 3. The molecule has 5 nitrogen and oxygen atoms in total. The van der Waals surface area contributed by atoms with Gasteiger partial charge < -0.3 is 9.73 Å². The molecule has 2 heterocycles. The zero-order valence-electron chi connectivity index (χ0n) is 13.4. The van der Waals surface area contributed by atoms with E-state index in [2.05, 4.69) is 26.3 Å². The van der Waals surface area contributed by atoms with Crippen molar-refractivity contribution in [2.75, 3.05) is 5.32 Å². The number of anilines is 1. The van der Waals surface area contributed by atoms with Crippen molar-refractivity contribution in [3.63, 3.8) is 0 Å². The van der Waals surface area contributed by atoms with Crippen LogP contribution in [0.2, 0.25) is 5.02 Å². The average molecular weight is 427 g/mol. The lowest BCUT2D eigenvalue weighted by molar-refractivity contribution is 0.0994. The number of carbonyl (C=O) groups is 1. The Morgan fingerprint density at radius 2 is 2.12 bits per heavy atom. The van der Waals surface area contributed by atoms with Crippen LogP contribution in [-0.2, 0) is 6.54 Å². The summed E-state index contributed by atoms with van der Waals surface area (Å²) in [5.41, 5.74) is 1.87. The summed E-state index contributed by atoms with van der Waals surface area (Å²) in [7, 11) is 0. The van der Waals surface area contributed by atoms with Gasteiger partial charge in [0.1, 0.15) is 11.6 Å². The van der Waals surface area contributed by atoms with Crippen LogP contribution >= 0.6 is 27.5 Å². The van der Waals surface area contributed by atoms with E-state index in [0.717, 1.165) is 21.9 Å². The maximum Gasteiger partial charge on any atom is 0.291 e. The molecule has 0 saturated carbocycles. The van der Waals surface area contributed by atoms with Gasteiger partial charge in [0.2, 0.25) is 0 Å². The molecule has 0 atom stereocenters. The van der Waals surface area contributed by atoms with Gasteiger partial charge in [-0.1, -0.05) is 11.6 Å². The lowest BCUT2D eigenvalue weighted by Crippen LogP contribution is -2.12. The minimum Gasteiger partial charge on any atom is -0.454 e. The smallest absolute Gasteiger partial charge is 0.291 e. The number of aromatic nitrogens is 2. The molecule has 8 heteroatoms. The SMILES string of the molecule is Cc1nn(Cc2ccc(C(=O)Nc3ccc(Cl)cc3F)o2)c(C)c1Br. The first-order valence-electron chi connectivity index (χ1n) is 7.40. The molecule has 3 rings (SSSR count). The molecule has 130 valence electrons. The normalized spacial score (nSPS) is 10.9. The van der Waals surface area contributed by atoms with Crippen LogP contribution in [0.5, 0.6) is 0 Å². The molecule has 1 aromatic carbocycles. The number of hydrogen-bond donors (Lipinski definition) is 1. The van der Waals surface area contributed by atoms with Gasteiger partial charge in [0, 0.05) is 5.02 Å². The van der Waals surface area contributed by atoms with Crippen LogP contribution in [0.4, 0.5) is 10.1 Å². The van der Waals surface area contributed by atoms with E-state index in [-0.39, 0.29) is 16.5 Å². The number of nitrogens with zero attached hydrogens (tertiary/aromatic N) is 2. The Hall–Kier alpha value is -2.12. The third kappa shape index (κ3) is 3.77. The highest BCUT2D eigenvalue weighted by molar-refractivity contribution is 9.10. The predicted molar refractivity (Wildman–Crippen MR) is 96.6 cm³/mol. The summed E-state index contributed by atoms with van der Waals surface area (Å²) >= 11 is 9.16. The van der Waals surface area contributed by atoms with Gasteiger partial charge in [0.25, 0.3) is 5.91 Å². The molecule has 0 saturated heterocycles. The number of carbonyl (C=O) groups excluding carboxylic acids is 1. The van der Waals surface area contributed by atoms with Crippen molar-refractivity contribution in [2.45, 2.75) is 20.4 Å². The van der Waals surface area contributed by atoms with Gasteiger partial charge in [-0.15, -0.1) is 0 Å². The second-order valence-electron chi connectivity index (χ2n) is 5.49. The summed E-state index contributed by atoms with van der Waals surface area (Å²) < 4.78 is 22.0. The fourth-order valence-electron chi connectivity index (χ4n) is 2.34. The number of benzene rings is 1. The lowest BCUT2D eigenvalue weighted by atomic mass is 10.3. The van der Waals surface area contributed by atoms with Crippen molar-refractivity contribution in [3.8, 4) is 0 Å². The Balaban J connectivity index is 1.74. The molecule has 25 heavy (non-hydrogen) atoms. The maximum atomic E-state index is 13.8. The van der Waals surface area contributed by atoms with Crippen molar-refractivity contribution < 1.29 is 13.6 Å². The standard InChI is InChI=1S/C17H14BrClFN3O2/c1-9-16(18)10(2)23(22-9)8-12-4-6-15(25-12)17(24)21-14-5-3-11(19)7-13(14)20/h3-7H,8H2,1-2H3,(H,21,24). The summed E-state index contributed by atoms with van der Waals surface area (Å²) in [5.74, 6) is -0.494. The second-order valence-corrected chi connectivity index (χ2v) is 6.72. The van der Waals surface area contributed by atoms with E-state index in [4.69, 9.17) is 16.0 Å². The van der Waals surface area contributed by atoms with Crippen LogP contribution in [0.1, 0.15) is 27.7 Å². The lowest BCUT2D eigenvalue weighted by Gasteiger charge is -2.05. The number of nitrogens with one attached hydrogen (secondary N) is 1. The van der Waals surface area contributed by atoms with E-state index in [0.29, 0.717) is 12.3 Å². The van der Waals surface area contributed by atoms with Gasteiger partial charge in [0.15, 0.2) is 5.76 Å². The number of aryl methyl sites for hydroxylation is 1. The first-order valence-corrected chi connectivity index (χ1v) is 8.57. The van der Waals surface area contributed by atoms with Crippen LogP contribution in [0.15, 0.2) is 39.2 Å². The molecule has 3 aromatic rings.